The zero-order valence-electron chi connectivity index (χ0n) is 13.1. The molecule has 0 aromatic rings. The van der Waals surface area contributed by atoms with Gasteiger partial charge in [-0.2, -0.15) is 0 Å². The van der Waals surface area contributed by atoms with E-state index in [2.05, 4.69) is 29.2 Å². The Morgan fingerprint density at radius 1 is 1.35 bits per heavy atom. The minimum Gasteiger partial charge on any atom is -0.409 e. The fourth-order valence-electron chi connectivity index (χ4n) is 2.47. The predicted octanol–water partition coefficient (Wildman–Crippen LogP) is 1.14. The van der Waals surface area contributed by atoms with Gasteiger partial charge in [-0.3, -0.25) is 4.79 Å². The smallest absolute Gasteiger partial charge is 0.234 e. The molecule has 0 aliphatic heterocycles. The van der Waals surface area contributed by atoms with Crippen LogP contribution in [0.2, 0.25) is 0 Å². The first-order chi connectivity index (χ1) is 9.26. The van der Waals surface area contributed by atoms with Crippen LogP contribution in [0.25, 0.3) is 0 Å². The monoisotopic (exact) mass is 284 g/mol. The van der Waals surface area contributed by atoms with E-state index < -0.39 is 5.41 Å². The van der Waals surface area contributed by atoms with Crippen molar-refractivity contribution in [1.29, 1.82) is 0 Å². The van der Waals surface area contributed by atoms with Gasteiger partial charge in [0.05, 0.1) is 0 Å². The van der Waals surface area contributed by atoms with Crippen molar-refractivity contribution in [3.8, 4) is 0 Å². The molecule has 20 heavy (non-hydrogen) atoms. The summed E-state index contributed by atoms with van der Waals surface area (Å²) in [5.74, 6) is -0.0835. The van der Waals surface area contributed by atoms with Gasteiger partial charge in [0.2, 0.25) is 5.91 Å². The lowest BCUT2D eigenvalue weighted by molar-refractivity contribution is -0.129. The molecule has 1 rings (SSSR count). The van der Waals surface area contributed by atoms with Crippen LogP contribution in [-0.2, 0) is 4.79 Å². The fraction of sp³-hybridized carbons (Fsp3) is 0.857. The number of carbonyl (C=O) groups is 1. The Morgan fingerprint density at radius 2 is 1.90 bits per heavy atom. The van der Waals surface area contributed by atoms with Gasteiger partial charge in [0.1, 0.15) is 5.41 Å². The molecule has 116 valence electrons. The molecule has 0 aromatic heterocycles. The first-order valence-corrected chi connectivity index (χ1v) is 7.20. The summed E-state index contributed by atoms with van der Waals surface area (Å²) in [6.07, 6.45) is 4.26. The predicted molar refractivity (Wildman–Crippen MR) is 79.7 cm³/mol. The molecule has 4 N–H and O–H groups in total. The second-order valence-corrected chi connectivity index (χ2v) is 6.52. The van der Waals surface area contributed by atoms with E-state index in [4.69, 9.17) is 10.9 Å². The number of amides is 1. The lowest BCUT2D eigenvalue weighted by Crippen LogP contribution is -2.55. The van der Waals surface area contributed by atoms with E-state index in [1.54, 1.807) is 0 Å². The van der Waals surface area contributed by atoms with Crippen LogP contribution >= 0.6 is 0 Å². The highest BCUT2D eigenvalue weighted by molar-refractivity contribution is 6.06. The normalized spacial score (nSPS) is 19.9. The number of nitrogens with zero attached hydrogens (tertiary/aromatic N) is 2. The summed E-state index contributed by atoms with van der Waals surface area (Å²) in [5, 5.41) is 15.1. The van der Waals surface area contributed by atoms with Crippen LogP contribution in [0.4, 0.5) is 0 Å². The van der Waals surface area contributed by atoms with Gasteiger partial charge in [0.15, 0.2) is 5.84 Å². The summed E-state index contributed by atoms with van der Waals surface area (Å²) in [5.41, 5.74) is 4.83. The number of nitrogens with one attached hydrogen (secondary N) is 1. The number of likely N-dealkylation sites (N-methyl/N-ethyl adjacent to an activating group) is 1. The van der Waals surface area contributed by atoms with Crippen molar-refractivity contribution in [2.24, 2.45) is 16.3 Å². The minimum absolute atomic E-state index is 0.0392. The summed E-state index contributed by atoms with van der Waals surface area (Å²) >= 11 is 0. The van der Waals surface area contributed by atoms with Crippen molar-refractivity contribution >= 4 is 11.7 Å². The van der Waals surface area contributed by atoms with E-state index in [9.17, 15) is 4.79 Å². The summed E-state index contributed by atoms with van der Waals surface area (Å²) in [7, 11) is 3.96. The summed E-state index contributed by atoms with van der Waals surface area (Å²) in [6.45, 7) is 4.65. The van der Waals surface area contributed by atoms with Gasteiger partial charge in [-0.25, -0.2) is 0 Å². The van der Waals surface area contributed by atoms with Gasteiger partial charge in [-0.1, -0.05) is 24.4 Å². The number of hydrogen-bond donors (Lipinski definition) is 3. The molecule has 6 nitrogen and oxygen atoms in total. The molecule has 1 amide bonds. The van der Waals surface area contributed by atoms with E-state index in [0.717, 1.165) is 19.3 Å². The van der Waals surface area contributed by atoms with Crippen molar-refractivity contribution in [2.75, 3.05) is 20.6 Å². The van der Waals surface area contributed by atoms with E-state index in [1.165, 1.54) is 0 Å². The molecule has 0 saturated heterocycles. The highest BCUT2D eigenvalue weighted by Crippen LogP contribution is 2.36. The second kappa shape index (κ2) is 6.43. The molecule has 0 bridgehead atoms. The first-order valence-electron chi connectivity index (χ1n) is 7.20. The van der Waals surface area contributed by atoms with Crippen LogP contribution in [0.5, 0.6) is 0 Å². The van der Waals surface area contributed by atoms with Crippen molar-refractivity contribution in [3.05, 3.63) is 0 Å². The molecule has 0 radical (unpaired) electrons. The SMILES string of the molecule is CN(C)C(C)(C)CNC(=O)C1(C(N)=NO)CCCCC1. The zero-order valence-corrected chi connectivity index (χ0v) is 13.1. The molecule has 1 aliphatic rings. The van der Waals surface area contributed by atoms with E-state index >= 15 is 0 Å². The number of carbonyl (C=O) groups excluding carboxylic acids is 1. The Labute approximate surface area is 121 Å². The third-order valence-electron chi connectivity index (χ3n) is 4.63. The standard InChI is InChI=1S/C14H28N4O2/c1-13(2,18(3)4)10-16-12(19)14(11(15)17-20)8-6-5-7-9-14/h20H,5-10H2,1-4H3,(H2,15,17)(H,16,19). The van der Waals surface area contributed by atoms with Gasteiger partial charge in [-0.15, -0.1) is 0 Å². The maximum Gasteiger partial charge on any atom is 0.234 e. The third kappa shape index (κ3) is 3.42. The van der Waals surface area contributed by atoms with Crippen LogP contribution in [0.3, 0.4) is 0 Å². The van der Waals surface area contributed by atoms with Crippen molar-refractivity contribution in [3.63, 3.8) is 0 Å². The first kappa shape index (κ1) is 16.8. The third-order valence-corrected chi connectivity index (χ3v) is 4.63. The molecule has 0 unspecified atom stereocenters. The average Bonchev–Trinajstić information content (AvgIpc) is 2.44. The van der Waals surface area contributed by atoms with Gasteiger partial charge in [0, 0.05) is 12.1 Å². The fourth-order valence-corrected chi connectivity index (χ4v) is 2.47. The summed E-state index contributed by atoms with van der Waals surface area (Å²) in [4.78, 5) is 14.6. The summed E-state index contributed by atoms with van der Waals surface area (Å²) < 4.78 is 0. The minimum atomic E-state index is -0.838. The van der Waals surface area contributed by atoms with E-state index in [-0.39, 0.29) is 17.3 Å². The van der Waals surface area contributed by atoms with Gasteiger partial charge in [0.25, 0.3) is 0 Å². The van der Waals surface area contributed by atoms with Crippen LogP contribution in [-0.4, -0.2) is 48.0 Å². The average molecular weight is 284 g/mol. The van der Waals surface area contributed by atoms with Crippen molar-refractivity contribution < 1.29 is 10.0 Å². The molecule has 1 saturated carbocycles. The van der Waals surface area contributed by atoms with E-state index in [0.29, 0.717) is 19.4 Å². The van der Waals surface area contributed by atoms with Gasteiger partial charge in [-0.05, 0) is 40.8 Å². The molecule has 0 aromatic carbocycles. The number of hydrogen-bond acceptors (Lipinski definition) is 4. The van der Waals surface area contributed by atoms with Crippen molar-refractivity contribution in [1.82, 2.24) is 10.2 Å². The Balaban J connectivity index is 2.80. The van der Waals surface area contributed by atoms with Crippen LogP contribution in [0, 0.1) is 5.41 Å². The molecule has 1 aliphatic carbocycles. The Kier molecular flexibility index (Phi) is 5.39. The highest BCUT2D eigenvalue weighted by atomic mass is 16.4. The Bertz CT molecular complexity index is 371. The number of rotatable bonds is 5. The summed E-state index contributed by atoms with van der Waals surface area (Å²) in [6, 6.07) is 0. The second-order valence-electron chi connectivity index (χ2n) is 6.52. The number of nitrogens with two attached hydrogens (primary N) is 1. The number of amidine groups is 1. The molecular weight excluding hydrogens is 256 g/mol. The van der Waals surface area contributed by atoms with Crippen LogP contribution < -0.4 is 11.1 Å². The van der Waals surface area contributed by atoms with Crippen LogP contribution in [0.1, 0.15) is 46.0 Å². The maximum atomic E-state index is 12.6. The molecule has 0 heterocycles. The Hall–Kier alpha value is -1.30. The lowest BCUT2D eigenvalue weighted by Gasteiger charge is -2.37. The topological polar surface area (TPSA) is 91.0 Å². The molecule has 0 spiro atoms. The zero-order chi connectivity index (χ0) is 15.4. The highest BCUT2D eigenvalue weighted by Gasteiger charge is 2.44. The molecule has 0 atom stereocenters. The molecular formula is C14H28N4O2. The Morgan fingerprint density at radius 3 is 2.35 bits per heavy atom. The quantitative estimate of drug-likeness (QED) is 0.305. The van der Waals surface area contributed by atoms with Gasteiger partial charge >= 0.3 is 0 Å². The molecule has 1 fully saturated rings. The van der Waals surface area contributed by atoms with Crippen molar-refractivity contribution in [2.45, 2.75) is 51.5 Å². The van der Waals surface area contributed by atoms with Crippen LogP contribution in [0.15, 0.2) is 5.16 Å². The van der Waals surface area contributed by atoms with E-state index in [1.807, 2.05) is 14.1 Å². The maximum absolute atomic E-state index is 12.6. The van der Waals surface area contributed by atoms with Gasteiger partial charge < -0.3 is 21.2 Å². The number of oxime groups is 1. The largest absolute Gasteiger partial charge is 0.409 e. The molecule has 6 heteroatoms. The lowest BCUT2D eigenvalue weighted by atomic mass is 9.72.